The number of nitrogens with zero attached hydrogens (tertiary/aromatic N) is 1. The molecule has 0 spiro atoms. The summed E-state index contributed by atoms with van der Waals surface area (Å²) in [5.41, 5.74) is 7.23. The molecule has 0 atom stereocenters. The predicted octanol–water partition coefficient (Wildman–Crippen LogP) is 1.55. The number of amides is 4. The monoisotopic (exact) mass is 381 g/mol. The summed E-state index contributed by atoms with van der Waals surface area (Å²) in [5, 5.41) is 8.26. The molecule has 0 unspecified atom stereocenters. The second-order valence-corrected chi connectivity index (χ2v) is 6.33. The van der Waals surface area contributed by atoms with Crippen molar-refractivity contribution in [2.75, 3.05) is 36.4 Å². The topological polar surface area (TPSA) is 117 Å². The number of hydrogen-bond acceptors (Lipinski definition) is 4. The number of nitrogens with two attached hydrogens (primary N) is 1. The second-order valence-electron chi connectivity index (χ2n) is 6.33. The maximum Gasteiger partial charge on any atom is 0.321 e. The van der Waals surface area contributed by atoms with Crippen molar-refractivity contribution in [3.8, 4) is 0 Å². The maximum atomic E-state index is 12.7. The highest BCUT2D eigenvalue weighted by atomic mass is 16.2. The number of carbonyl (C=O) groups excluding carboxylic acids is 3. The largest absolute Gasteiger partial charge is 0.351 e. The normalized spacial score (nSPS) is 13.6. The van der Waals surface area contributed by atoms with Crippen molar-refractivity contribution in [1.29, 1.82) is 0 Å². The molecule has 2 aromatic rings. The summed E-state index contributed by atoms with van der Waals surface area (Å²) in [5.74, 6) is -0.668. The molecule has 8 nitrogen and oxygen atoms in total. The number of rotatable bonds is 6. The van der Waals surface area contributed by atoms with E-state index < -0.39 is 0 Å². The third-order valence-electron chi connectivity index (χ3n) is 4.35. The second kappa shape index (κ2) is 9.01. The van der Waals surface area contributed by atoms with Crippen LogP contribution in [0.3, 0.4) is 0 Å². The van der Waals surface area contributed by atoms with E-state index >= 15 is 0 Å². The summed E-state index contributed by atoms with van der Waals surface area (Å²) in [6.07, 6.45) is 0.841. The number of para-hydroxylation sites is 1. The fourth-order valence-corrected chi connectivity index (χ4v) is 2.96. The summed E-state index contributed by atoms with van der Waals surface area (Å²) in [7, 11) is 0. The molecule has 0 aromatic heterocycles. The van der Waals surface area contributed by atoms with E-state index in [0.717, 1.165) is 6.42 Å². The Kier molecular flexibility index (Phi) is 6.23. The fourth-order valence-electron chi connectivity index (χ4n) is 2.96. The van der Waals surface area contributed by atoms with Gasteiger partial charge in [-0.1, -0.05) is 18.2 Å². The first kappa shape index (κ1) is 19.4. The van der Waals surface area contributed by atoms with Gasteiger partial charge in [0.05, 0.1) is 11.3 Å². The van der Waals surface area contributed by atoms with Crippen LogP contribution >= 0.6 is 0 Å². The first-order valence-electron chi connectivity index (χ1n) is 9.14. The van der Waals surface area contributed by atoms with E-state index in [0.29, 0.717) is 48.7 Å². The molecule has 0 saturated carbocycles. The number of anilines is 2. The molecule has 1 aliphatic heterocycles. The molecule has 28 heavy (non-hydrogen) atoms. The molecule has 5 N–H and O–H groups in total. The molecule has 2 aromatic carbocycles. The number of urea groups is 1. The number of carbonyl (C=O) groups is 3. The van der Waals surface area contributed by atoms with Gasteiger partial charge in [-0.05, 0) is 36.8 Å². The van der Waals surface area contributed by atoms with E-state index in [1.54, 1.807) is 53.4 Å². The minimum Gasteiger partial charge on any atom is -0.351 e. The van der Waals surface area contributed by atoms with Gasteiger partial charge in [-0.25, -0.2) is 4.79 Å². The molecule has 0 bridgehead atoms. The SMILES string of the molecule is NCCNC(=O)c1ccccc1NC(=O)c1cccc(N2CCCNC2=O)c1. The van der Waals surface area contributed by atoms with Crippen LogP contribution < -0.4 is 26.6 Å². The Bertz CT molecular complexity index is 884. The van der Waals surface area contributed by atoms with E-state index in [1.807, 2.05) is 0 Å². The maximum absolute atomic E-state index is 12.7. The van der Waals surface area contributed by atoms with Crippen LogP contribution in [0.1, 0.15) is 27.1 Å². The van der Waals surface area contributed by atoms with E-state index in [2.05, 4.69) is 16.0 Å². The van der Waals surface area contributed by atoms with E-state index in [4.69, 9.17) is 5.73 Å². The number of hydrogen-bond donors (Lipinski definition) is 4. The van der Waals surface area contributed by atoms with Gasteiger partial charge in [0.2, 0.25) is 0 Å². The lowest BCUT2D eigenvalue weighted by Crippen LogP contribution is -2.46. The van der Waals surface area contributed by atoms with Gasteiger partial charge in [0.25, 0.3) is 11.8 Å². The molecular formula is C20H23N5O3. The van der Waals surface area contributed by atoms with Crippen molar-refractivity contribution in [2.45, 2.75) is 6.42 Å². The molecule has 0 aliphatic carbocycles. The molecular weight excluding hydrogens is 358 g/mol. The van der Waals surface area contributed by atoms with Crippen molar-refractivity contribution < 1.29 is 14.4 Å². The van der Waals surface area contributed by atoms with Crippen LogP contribution in [0.15, 0.2) is 48.5 Å². The highest BCUT2D eigenvalue weighted by Crippen LogP contribution is 2.21. The van der Waals surface area contributed by atoms with Crippen LogP contribution in [-0.2, 0) is 0 Å². The van der Waals surface area contributed by atoms with Gasteiger partial charge in [-0.3, -0.25) is 14.5 Å². The smallest absolute Gasteiger partial charge is 0.321 e. The molecule has 1 fully saturated rings. The van der Waals surface area contributed by atoms with E-state index in [9.17, 15) is 14.4 Å². The van der Waals surface area contributed by atoms with Crippen LogP contribution in [0, 0.1) is 0 Å². The summed E-state index contributed by atoms with van der Waals surface area (Å²) in [4.78, 5) is 38.6. The van der Waals surface area contributed by atoms with Crippen LogP contribution in [-0.4, -0.2) is 44.0 Å². The van der Waals surface area contributed by atoms with Gasteiger partial charge >= 0.3 is 6.03 Å². The van der Waals surface area contributed by atoms with Gasteiger partial charge in [-0.15, -0.1) is 0 Å². The number of benzene rings is 2. The van der Waals surface area contributed by atoms with Crippen LogP contribution in [0.25, 0.3) is 0 Å². The molecule has 4 amide bonds. The predicted molar refractivity (Wildman–Crippen MR) is 108 cm³/mol. The molecule has 3 rings (SSSR count). The summed E-state index contributed by atoms with van der Waals surface area (Å²) in [6, 6.07) is 13.4. The molecule has 146 valence electrons. The molecule has 0 radical (unpaired) electrons. The molecule has 8 heteroatoms. The van der Waals surface area contributed by atoms with Gasteiger partial charge in [-0.2, -0.15) is 0 Å². The van der Waals surface area contributed by atoms with Gasteiger partial charge in [0.15, 0.2) is 0 Å². The van der Waals surface area contributed by atoms with Gasteiger partial charge in [0, 0.05) is 37.4 Å². The minimum atomic E-state index is -0.363. The molecule has 1 saturated heterocycles. The van der Waals surface area contributed by atoms with Crippen molar-refractivity contribution in [2.24, 2.45) is 5.73 Å². The third-order valence-corrected chi connectivity index (χ3v) is 4.35. The average molecular weight is 381 g/mol. The van der Waals surface area contributed by atoms with E-state index in [1.165, 1.54) is 0 Å². The highest BCUT2D eigenvalue weighted by molar-refractivity contribution is 6.09. The minimum absolute atomic E-state index is 0.175. The zero-order valence-electron chi connectivity index (χ0n) is 15.4. The van der Waals surface area contributed by atoms with Crippen molar-refractivity contribution in [1.82, 2.24) is 10.6 Å². The zero-order valence-corrected chi connectivity index (χ0v) is 15.4. The standard InChI is InChI=1S/C20H23N5O3/c21-9-11-22-19(27)16-7-1-2-8-17(16)24-18(26)14-5-3-6-15(13-14)25-12-4-10-23-20(25)28/h1-3,5-8,13H,4,9-12,21H2,(H,22,27)(H,23,28)(H,24,26). The average Bonchev–Trinajstić information content (AvgIpc) is 2.73. The lowest BCUT2D eigenvalue weighted by molar-refractivity contribution is 0.0955. The van der Waals surface area contributed by atoms with Crippen LogP contribution in [0.2, 0.25) is 0 Å². The van der Waals surface area contributed by atoms with Crippen LogP contribution in [0.4, 0.5) is 16.2 Å². The van der Waals surface area contributed by atoms with Gasteiger partial charge < -0.3 is 21.7 Å². The summed E-state index contributed by atoms with van der Waals surface area (Å²) < 4.78 is 0. The first-order valence-corrected chi connectivity index (χ1v) is 9.14. The van der Waals surface area contributed by atoms with Crippen molar-refractivity contribution in [3.63, 3.8) is 0 Å². The zero-order chi connectivity index (χ0) is 19.9. The quantitative estimate of drug-likeness (QED) is 0.607. The molecule has 1 aliphatic rings. The van der Waals surface area contributed by atoms with Crippen LogP contribution in [0.5, 0.6) is 0 Å². The first-order chi connectivity index (χ1) is 13.6. The lowest BCUT2D eigenvalue weighted by Gasteiger charge is -2.27. The van der Waals surface area contributed by atoms with Crippen molar-refractivity contribution in [3.05, 3.63) is 59.7 Å². The van der Waals surface area contributed by atoms with Crippen molar-refractivity contribution >= 4 is 29.2 Å². The summed E-state index contributed by atoms with van der Waals surface area (Å²) in [6.45, 7) is 1.93. The Morgan fingerprint density at radius 3 is 2.71 bits per heavy atom. The summed E-state index contributed by atoms with van der Waals surface area (Å²) >= 11 is 0. The highest BCUT2D eigenvalue weighted by Gasteiger charge is 2.20. The van der Waals surface area contributed by atoms with E-state index in [-0.39, 0.29) is 17.8 Å². The fraction of sp³-hybridized carbons (Fsp3) is 0.250. The Balaban J connectivity index is 1.78. The Labute approximate surface area is 163 Å². The Hall–Kier alpha value is -3.39. The Morgan fingerprint density at radius 2 is 1.93 bits per heavy atom. The molecule has 1 heterocycles. The lowest BCUT2D eigenvalue weighted by atomic mass is 10.1. The number of nitrogens with one attached hydrogen (secondary N) is 3. The third kappa shape index (κ3) is 4.47. The van der Waals surface area contributed by atoms with Gasteiger partial charge in [0.1, 0.15) is 0 Å². The Morgan fingerprint density at radius 1 is 1.11 bits per heavy atom.